The van der Waals surface area contributed by atoms with E-state index in [-0.39, 0.29) is 6.10 Å². The van der Waals surface area contributed by atoms with Crippen LogP contribution >= 0.6 is 11.8 Å². The first-order chi connectivity index (χ1) is 10.7. The molecule has 0 heterocycles. The molecule has 2 rings (SSSR count). The number of nitrogens with zero attached hydrogens (tertiary/aromatic N) is 1. The van der Waals surface area contributed by atoms with E-state index >= 15 is 0 Å². The van der Waals surface area contributed by atoms with Gasteiger partial charge in [-0.25, -0.2) is 0 Å². The SMILES string of the molecule is CCSc1ccc(OC(CCN(C)C)c2ccccc2)cc1. The Bertz CT molecular complexity index is 539. The summed E-state index contributed by atoms with van der Waals surface area (Å²) in [7, 11) is 4.19. The summed E-state index contributed by atoms with van der Waals surface area (Å²) >= 11 is 1.85. The number of thioether (sulfide) groups is 1. The van der Waals surface area contributed by atoms with E-state index in [1.807, 2.05) is 17.8 Å². The summed E-state index contributed by atoms with van der Waals surface area (Å²) in [4.78, 5) is 3.49. The maximum atomic E-state index is 6.25. The van der Waals surface area contributed by atoms with Gasteiger partial charge in [0.05, 0.1) is 0 Å². The maximum Gasteiger partial charge on any atom is 0.125 e. The molecule has 2 nitrogen and oxygen atoms in total. The second kappa shape index (κ2) is 8.86. The van der Waals surface area contributed by atoms with Crippen LogP contribution in [0.3, 0.4) is 0 Å². The average Bonchev–Trinajstić information content (AvgIpc) is 2.54. The Morgan fingerprint density at radius 3 is 2.27 bits per heavy atom. The summed E-state index contributed by atoms with van der Waals surface area (Å²) in [5.41, 5.74) is 1.23. The van der Waals surface area contributed by atoms with E-state index in [0.29, 0.717) is 0 Å². The molecule has 0 aliphatic rings. The van der Waals surface area contributed by atoms with Gasteiger partial charge in [-0.2, -0.15) is 0 Å². The zero-order chi connectivity index (χ0) is 15.8. The smallest absolute Gasteiger partial charge is 0.125 e. The van der Waals surface area contributed by atoms with Crippen LogP contribution < -0.4 is 4.74 Å². The van der Waals surface area contributed by atoms with Crippen LogP contribution in [0.1, 0.15) is 25.0 Å². The van der Waals surface area contributed by atoms with Crippen LogP contribution in [0, 0.1) is 0 Å². The van der Waals surface area contributed by atoms with Gasteiger partial charge in [-0.3, -0.25) is 0 Å². The van der Waals surface area contributed by atoms with E-state index in [1.54, 1.807) is 0 Å². The van der Waals surface area contributed by atoms with Crippen molar-refractivity contribution in [3.8, 4) is 5.75 Å². The van der Waals surface area contributed by atoms with Gasteiger partial charge in [0.1, 0.15) is 11.9 Å². The van der Waals surface area contributed by atoms with Gasteiger partial charge in [-0.05, 0) is 49.7 Å². The Labute approximate surface area is 138 Å². The van der Waals surface area contributed by atoms with Crippen LogP contribution in [-0.2, 0) is 0 Å². The first-order valence-electron chi connectivity index (χ1n) is 7.78. The van der Waals surface area contributed by atoms with Crippen LogP contribution in [0.5, 0.6) is 5.75 Å². The van der Waals surface area contributed by atoms with Gasteiger partial charge in [0.25, 0.3) is 0 Å². The summed E-state index contributed by atoms with van der Waals surface area (Å²) in [6.45, 7) is 3.17. The highest BCUT2D eigenvalue weighted by Gasteiger charge is 2.13. The van der Waals surface area contributed by atoms with E-state index in [0.717, 1.165) is 24.5 Å². The summed E-state index contributed by atoms with van der Waals surface area (Å²) < 4.78 is 6.25. The lowest BCUT2D eigenvalue weighted by Gasteiger charge is -2.21. The second-order valence-electron chi connectivity index (χ2n) is 5.51. The van der Waals surface area contributed by atoms with E-state index in [9.17, 15) is 0 Å². The third-order valence-corrected chi connectivity index (χ3v) is 4.32. The Kier molecular flexibility index (Phi) is 6.81. The zero-order valence-corrected chi connectivity index (χ0v) is 14.5. The van der Waals surface area contributed by atoms with Gasteiger partial charge in [-0.15, -0.1) is 11.8 Å². The van der Waals surface area contributed by atoms with E-state index < -0.39 is 0 Å². The Hall–Kier alpha value is -1.45. The topological polar surface area (TPSA) is 12.5 Å². The molecule has 0 bridgehead atoms. The minimum absolute atomic E-state index is 0.0910. The van der Waals surface area contributed by atoms with Crippen molar-refractivity contribution in [1.82, 2.24) is 4.90 Å². The van der Waals surface area contributed by atoms with Crippen LogP contribution in [0.4, 0.5) is 0 Å². The molecule has 0 aliphatic heterocycles. The minimum atomic E-state index is 0.0910. The van der Waals surface area contributed by atoms with Crippen LogP contribution in [-0.4, -0.2) is 31.3 Å². The molecule has 0 aliphatic carbocycles. The van der Waals surface area contributed by atoms with Crippen molar-refractivity contribution < 1.29 is 4.74 Å². The number of benzene rings is 2. The molecule has 3 heteroatoms. The molecule has 0 N–H and O–H groups in total. The molecule has 118 valence electrons. The van der Waals surface area contributed by atoms with Gasteiger partial charge in [0.15, 0.2) is 0 Å². The lowest BCUT2D eigenvalue weighted by molar-refractivity contribution is 0.179. The molecule has 0 amide bonds. The summed E-state index contributed by atoms with van der Waals surface area (Å²) in [6.07, 6.45) is 1.07. The van der Waals surface area contributed by atoms with Gasteiger partial charge in [0, 0.05) is 17.9 Å². The molecule has 0 radical (unpaired) electrons. The van der Waals surface area contributed by atoms with Crippen molar-refractivity contribution in [1.29, 1.82) is 0 Å². The number of rotatable bonds is 8. The highest BCUT2D eigenvalue weighted by Crippen LogP contribution is 2.27. The molecule has 1 atom stereocenters. The molecule has 22 heavy (non-hydrogen) atoms. The molecule has 0 saturated carbocycles. The van der Waals surface area contributed by atoms with Crippen molar-refractivity contribution >= 4 is 11.8 Å². The van der Waals surface area contributed by atoms with Crippen molar-refractivity contribution in [3.63, 3.8) is 0 Å². The largest absolute Gasteiger partial charge is 0.486 e. The van der Waals surface area contributed by atoms with Gasteiger partial charge in [-0.1, -0.05) is 37.3 Å². The maximum absolute atomic E-state index is 6.25. The Morgan fingerprint density at radius 1 is 1.00 bits per heavy atom. The van der Waals surface area contributed by atoms with Gasteiger partial charge >= 0.3 is 0 Å². The Balaban J connectivity index is 2.08. The minimum Gasteiger partial charge on any atom is -0.486 e. The summed E-state index contributed by atoms with van der Waals surface area (Å²) in [5.74, 6) is 2.03. The predicted octanol–water partition coefficient (Wildman–Crippen LogP) is 4.87. The predicted molar refractivity (Wildman–Crippen MR) is 95.8 cm³/mol. The van der Waals surface area contributed by atoms with E-state index in [2.05, 4.69) is 74.4 Å². The second-order valence-corrected chi connectivity index (χ2v) is 6.85. The highest BCUT2D eigenvalue weighted by molar-refractivity contribution is 7.99. The van der Waals surface area contributed by atoms with E-state index in [4.69, 9.17) is 4.74 Å². The normalized spacial score (nSPS) is 12.4. The number of hydrogen-bond acceptors (Lipinski definition) is 3. The van der Waals surface area contributed by atoms with E-state index in [1.165, 1.54) is 10.5 Å². The molecule has 1 unspecified atom stereocenters. The molecule has 2 aromatic carbocycles. The third kappa shape index (κ3) is 5.39. The highest BCUT2D eigenvalue weighted by atomic mass is 32.2. The molecule has 0 aromatic heterocycles. The van der Waals surface area contributed by atoms with Crippen molar-refractivity contribution in [2.24, 2.45) is 0 Å². The lowest BCUT2D eigenvalue weighted by atomic mass is 10.1. The van der Waals surface area contributed by atoms with Crippen LogP contribution in [0.2, 0.25) is 0 Å². The van der Waals surface area contributed by atoms with Crippen molar-refractivity contribution in [3.05, 3.63) is 60.2 Å². The monoisotopic (exact) mass is 315 g/mol. The standard InChI is InChI=1S/C19H25NOS/c1-4-22-18-12-10-17(11-13-18)21-19(14-15-20(2)3)16-8-6-5-7-9-16/h5-13,19H,4,14-15H2,1-3H3. The third-order valence-electron chi connectivity index (χ3n) is 3.42. The van der Waals surface area contributed by atoms with Crippen LogP contribution in [0.25, 0.3) is 0 Å². The summed E-state index contributed by atoms with van der Waals surface area (Å²) in [6, 6.07) is 18.9. The molecule has 0 spiro atoms. The van der Waals surface area contributed by atoms with Gasteiger partial charge in [0.2, 0.25) is 0 Å². The molecule has 2 aromatic rings. The molecule has 0 saturated heterocycles. The average molecular weight is 315 g/mol. The quantitative estimate of drug-likeness (QED) is 0.645. The van der Waals surface area contributed by atoms with Crippen molar-refractivity contribution in [2.45, 2.75) is 24.3 Å². The molecule has 0 fully saturated rings. The first kappa shape index (κ1) is 16.9. The van der Waals surface area contributed by atoms with Crippen LogP contribution in [0.15, 0.2) is 59.5 Å². The lowest BCUT2D eigenvalue weighted by Crippen LogP contribution is -2.18. The van der Waals surface area contributed by atoms with Gasteiger partial charge < -0.3 is 9.64 Å². The fraction of sp³-hybridized carbons (Fsp3) is 0.368. The summed E-state index contributed by atoms with van der Waals surface area (Å²) in [5, 5.41) is 0. The Morgan fingerprint density at radius 2 is 1.68 bits per heavy atom. The fourth-order valence-electron chi connectivity index (χ4n) is 2.28. The zero-order valence-electron chi connectivity index (χ0n) is 13.7. The first-order valence-corrected chi connectivity index (χ1v) is 8.76. The number of hydrogen-bond donors (Lipinski definition) is 0. The van der Waals surface area contributed by atoms with Crippen molar-refractivity contribution in [2.75, 3.05) is 26.4 Å². The number of ether oxygens (including phenoxy) is 1. The fourth-order valence-corrected chi connectivity index (χ4v) is 2.94. The molecular formula is C19H25NOS. The molecular weight excluding hydrogens is 290 g/mol.